The monoisotopic (exact) mass is 488 g/mol. The molecule has 0 radical (unpaired) electrons. The van der Waals surface area contributed by atoms with Crippen LogP contribution in [0.15, 0.2) is 60.7 Å². The van der Waals surface area contributed by atoms with Gasteiger partial charge in [0.05, 0.1) is 27.4 Å². The maximum atomic E-state index is 13.3. The minimum Gasteiger partial charge on any atom is -0.497 e. The summed E-state index contributed by atoms with van der Waals surface area (Å²) in [5.74, 6) is 2.22. The zero-order valence-electron chi connectivity index (χ0n) is 21.8. The van der Waals surface area contributed by atoms with Crippen LogP contribution < -0.4 is 19.5 Å². The molecule has 1 aliphatic heterocycles. The van der Waals surface area contributed by atoms with Crippen molar-refractivity contribution in [3.63, 3.8) is 0 Å². The van der Waals surface area contributed by atoms with Gasteiger partial charge in [-0.25, -0.2) is 0 Å². The van der Waals surface area contributed by atoms with Crippen molar-refractivity contribution in [3.8, 4) is 17.2 Å². The normalized spacial score (nSPS) is 16.1. The molecule has 0 fully saturated rings. The van der Waals surface area contributed by atoms with E-state index in [0.717, 1.165) is 43.0 Å². The quantitative estimate of drug-likeness (QED) is 0.441. The second-order valence-corrected chi connectivity index (χ2v) is 9.27. The largest absolute Gasteiger partial charge is 0.497 e. The number of carbonyl (C=O) groups excluding carboxylic acids is 1. The fourth-order valence-electron chi connectivity index (χ4n) is 5.00. The first-order valence-electron chi connectivity index (χ1n) is 12.5. The highest BCUT2D eigenvalue weighted by atomic mass is 16.5. The molecule has 3 aromatic carbocycles. The van der Waals surface area contributed by atoms with E-state index in [0.29, 0.717) is 11.3 Å². The van der Waals surface area contributed by atoms with Gasteiger partial charge in [0, 0.05) is 24.7 Å². The number of benzene rings is 3. The Morgan fingerprint density at radius 2 is 1.64 bits per heavy atom. The third kappa shape index (κ3) is 5.49. The van der Waals surface area contributed by atoms with Crippen LogP contribution in [0, 0.1) is 6.92 Å². The Morgan fingerprint density at radius 3 is 2.25 bits per heavy atom. The van der Waals surface area contributed by atoms with Gasteiger partial charge in [0.2, 0.25) is 0 Å². The lowest BCUT2D eigenvalue weighted by atomic mass is 9.86. The number of rotatable bonds is 9. The first-order chi connectivity index (χ1) is 17.5. The molecule has 1 amide bonds. The molecular formula is C30H36N2O4. The summed E-state index contributed by atoms with van der Waals surface area (Å²) in [6, 6.07) is 20.0. The molecule has 2 atom stereocenters. The lowest BCUT2D eigenvalue weighted by molar-refractivity contribution is 0.0859. The van der Waals surface area contributed by atoms with Crippen molar-refractivity contribution in [2.24, 2.45) is 0 Å². The molecule has 190 valence electrons. The van der Waals surface area contributed by atoms with Gasteiger partial charge in [-0.2, -0.15) is 0 Å². The van der Waals surface area contributed by atoms with Crippen LogP contribution in [0.4, 0.5) is 0 Å². The van der Waals surface area contributed by atoms with Gasteiger partial charge in [-0.05, 0) is 72.9 Å². The van der Waals surface area contributed by atoms with Crippen molar-refractivity contribution >= 4 is 5.91 Å². The zero-order valence-corrected chi connectivity index (χ0v) is 21.8. The molecule has 3 aromatic rings. The molecule has 1 N–H and O–H groups in total. The van der Waals surface area contributed by atoms with Crippen molar-refractivity contribution < 1.29 is 19.0 Å². The molecule has 0 aromatic heterocycles. The Kier molecular flexibility index (Phi) is 8.16. The van der Waals surface area contributed by atoms with E-state index in [1.54, 1.807) is 21.3 Å². The molecule has 0 spiro atoms. The number of nitrogens with one attached hydrogen (secondary N) is 1. The van der Waals surface area contributed by atoms with Crippen LogP contribution in [-0.2, 0) is 13.0 Å². The maximum Gasteiger partial charge on any atom is 0.251 e. The van der Waals surface area contributed by atoms with Crippen molar-refractivity contribution in [2.45, 2.75) is 45.3 Å². The summed E-state index contributed by atoms with van der Waals surface area (Å²) in [5, 5.41) is 3.34. The molecule has 2 unspecified atom stereocenters. The van der Waals surface area contributed by atoms with Crippen LogP contribution in [0.25, 0.3) is 0 Å². The van der Waals surface area contributed by atoms with E-state index in [4.69, 9.17) is 14.2 Å². The van der Waals surface area contributed by atoms with Gasteiger partial charge >= 0.3 is 0 Å². The predicted molar refractivity (Wildman–Crippen MR) is 142 cm³/mol. The summed E-state index contributed by atoms with van der Waals surface area (Å²) >= 11 is 0. The van der Waals surface area contributed by atoms with Gasteiger partial charge in [-0.15, -0.1) is 0 Å². The Hall–Kier alpha value is -3.51. The van der Waals surface area contributed by atoms with Crippen LogP contribution in [0.2, 0.25) is 0 Å². The molecule has 36 heavy (non-hydrogen) atoms. The summed E-state index contributed by atoms with van der Waals surface area (Å²) in [6.07, 6.45) is 1.68. The molecule has 0 aliphatic carbocycles. The Morgan fingerprint density at radius 1 is 0.972 bits per heavy atom. The van der Waals surface area contributed by atoms with Crippen LogP contribution in [0.1, 0.15) is 52.0 Å². The SMILES string of the molecule is CCC(NC(=O)c1ccc(C)cc1)C1c2cc(OC)c(OC)cc2CCN1Cc1ccc(OC)cc1. The molecule has 0 bridgehead atoms. The molecule has 6 nitrogen and oxygen atoms in total. The van der Waals surface area contributed by atoms with E-state index in [-0.39, 0.29) is 18.0 Å². The number of fused-ring (bicyclic) bond motifs is 1. The van der Waals surface area contributed by atoms with Gasteiger partial charge in [0.25, 0.3) is 5.91 Å². The highest BCUT2D eigenvalue weighted by molar-refractivity contribution is 5.94. The van der Waals surface area contributed by atoms with Crippen LogP contribution in [-0.4, -0.2) is 44.7 Å². The summed E-state index contributed by atoms with van der Waals surface area (Å²) in [4.78, 5) is 15.7. The number of amides is 1. The lowest BCUT2D eigenvalue weighted by Crippen LogP contribution is -2.48. The Bertz CT molecular complexity index is 1170. The number of nitrogens with zero attached hydrogens (tertiary/aromatic N) is 1. The zero-order chi connectivity index (χ0) is 25.7. The van der Waals surface area contributed by atoms with Gasteiger partial charge in [-0.1, -0.05) is 36.8 Å². The maximum absolute atomic E-state index is 13.3. The highest BCUT2D eigenvalue weighted by Crippen LogP contribution is 2.40. The third-order valence-electron chi connectivity index (χ3n) is 7.02. The first kappa shape index (κ1) is 25.6. The summed E-state index contributed by atoms with van der Waals surface area (Å²) < 4.78 is 16.6. The summed E-state index contributed by atoms with van der Waals surface area (Å²) in [7, 11) is 5.00. The second kappa shape index (κ2) is 11.5. The number of methoxy groups -OCH3 is 3. The standard InChI is InChI=1S/C30H36N2O4/c1-6-26(31-30(33)22-11-7-20(2)8-12-22)29-25-18-28(36-5)27(35-4)17-23(25)15-16-32(29)19-21-9-13-24(34-3)14-10-21/h7-14,17-18,26,29H,6,15-16,19H2,1-5H3,(H,31,33). The highest BCUT2D eigenvalue weighted by Gasteiger charge is 2.35. The van der Waals surface area contributed by atoms with E-state index in [1.807, 2.05) is 43.3 Å². The second-order valence-electron chi connectivity index (χ2n) is 9.27. The van der Waals surface area contributed by atoms with E-state index in [9.17, 15) is 4.79 Å². The van der Waals surface area contributed by atoms with Crippen molar-refractivity contribution in [3.05, 3.63) is 88.5 Å². The van der Waals surface area contributed by atoms with Crippen LogP contribution in [0.5, 0.6) is 17.2 Å². The van der Waals surface area contributed by atoms with Crippen molar-refractivity contribution in [1.82, 2.24) is 10.2 Å². The van der Waals surface area contributed by atoms with Crippen molar-refractivity contribution in [2.75, 3.05) is 27.9 Å². The van der Waals surface area contributed by atoms with E-state index < -0.39 is 0 Å². The molecule has 4 rings (SSSR count). The predicted octanol–water partition coefficient (Wildman–Crippen LogP) is 5.33. The van der Waals surface area contributed by atoms with Crippen molar-refractivity contribution in [1.29, 1.82) is 0 Å². The molecule has 6 heteroatoms. The minimum absolute atomic E-state index is 0.0185. The van der Waals surface area contributed by atoms with E-state index in [2.05, 4.69) is 41.4 Å². The van der Waals surface area contributed by atoms with E-state index in [1.165, 1.54) is 16.7 Å². The average Bonchev–Trinajstić information content (AvgIpc) is 2.91. The van der Waals surface area contributed by atoms with Gasteiger partial charge in [0.1, 0.15) is 5.75 Å². The number of hydrogen-bond donors (Lipinski definition) is 1. The first-order valence-corrected chi connectivity index (χ1v) is 12.5. The third-order valence-corrected chi connectivity index (χ3v) is 7.02. The minimum atomic E-state index is -0.0887. The van der Waals surface area contributed by atoms with E-state index >= 15 is 0 Å². The molecular weight excluding hydrogens is 452 g/mol. The molecule has 1 aliphatic rings. The molecule has 0 saturated carbocycles. The fourth-order valence-corrected chi connectivity index (χ4v) is 5.00. The lowest BCUT2D eigenvalue weighted by Gasteiger charge is -2.42. The Labute approximate surface area is 214 Å². The number of aryl methyl sites for hydroxylation is 1. The average molecular weight is 489 g/mol. The number of hydrogen-bond acceptors (Lipinski definition) is 5. The number of carbonyl (C=O) groups is 1. The topological polar surface area (TPSA) is 60.0 Å². The number of ether oxygens (including phenoxy) is 3. The van der Waals surface area contributed by atoms with Gasteiger partial charge in [-0.3, -0.25) is 9.69 Å². The summed E-state index contributed by atoms with van der Waals surface area (Å²) in [6.45, 7) is 5.78. The summed E-state index contributed by atoms with van der Waals surface area (Å²) in [5.41, 5.74) is 5.40. The van der Waals surface area contributed by atoms with Gasteiger partial charge < -0.3 is 19.5 Å². The molecule has 0 saturated heterocycles. The molecule has 1 heterocycles. The smallest absolute Gasteiger partial charge is 0.251 e. The van der Waals surface area contributed by atoms with Crippen LogP contribution in [0.3, 0.4) is 0 Å². The Balaban J connectivity index is 1.70. The fraction of sp³-hybridized carbons (Fsp3) is 0.367. The van der Waals surface area contributed by atoms with Gasteiger partial charge in [0.15, 0.2) is 11.5 Å². The van der Waals surface area contributed by atoms with Crippen LogP contribution >= 0.6 is 0 Å².